The molecule has 1 amide bonds. The number of carbonyl (C=O) groups is 1. The summed E-state index contributed by atoms with van der Waals surface area (Å²) in [6.45, 7) is 1.23. The number of benzene rings is 1. The number of hydrogen-bond acceptors (Lipinski definition) is 4. The summed E-state index contributed by atoms with van der Waals surface area (Å²) in [7, 11) is 1.53. The maximum absolute atomic E-state index is 12.7. The number of pyridine rings is 1. The van der Waals surface area contributed by atoms with E-state index in [1.165, 1.54) is 29.6 Å². The summed E-state index contributed by atoms with van der Waals surface area (Å²) in [6, 6.07) is 8.22. The predicted molar refractivity (Wildman–Crippen MR) is 94.8 cm³/mol. The molecular formula is C19H20F3N3O2. The Balaban J connectivity index is 1.57. The second-order valence-electron chi connectivity index (χ2n) is 6.41. The van der Waals surface area contributed by atoms with Crippen LogP contribution < -0.4 is 10.1 Å². The highest BCUT2D eigenvalue weighted by molar-refractivity contribution is 5.70. The molecule has 0 saturated heterocycles. The summed E-state index contributed by atoms with van der Waals surface area (Å²) in [4.78, 5) is 18.0. The zero-order valence-corrected chi connectivity index (χ0v) is 14.8. The average molecular weight is 379 g/mol. The lowest BCUT2D eigenvalue weighted by Crippen LogP contribution is -2.31. The van der Waals surface area contributed by atoms with Crippen molar-refractivity contribution in [3.8, 4) is 5.75 Å². The molecule has 1 aromatic heterocycles. The Kier molecular flexibility index (Phi) is 5.53. The molecule has 0 bridgehead atoms. The lowest BCUT2D eigenvalue weighted by molar-refractivity contribution is -0.137. The van der Waals surface area contributed by atoms with Gasteiger partial charge in [0, 0.05) is 32.3 Å². The van der Waals surface area contributed by atoms with Crippen molar-refractivity contribution < 1.29 is 22.7 Å². The van der Waals surface area contributed by atoms with E-state index in [9.17, 15) is 18.0 Å². The Labute approximate surface area is 155 Å². The number of anilines is 1. The molecule has 1 N–H and O–H groups in total. The van der Waals surface area contributed by atoms with Gasteiger partial charge in [-0.2, -0.15) is 13.2 Å². The van der Waals surface area contributed by atoms with Crippen molar-refractivity contribution in [1.29, 1.82) is 0 Å². The van der Waals surface area contributed by atoms with Gasteiger partial charge >= 0.3 is 12.3 Å². The van der Waals surface area contributed by atoms with Gasteiger partial charge in [0.15, 0.2) is 0 Å². The van der Waals surface area contributed by atoms with Crippen LogP contribution in [0.4, 0.5) is 23.8 Å². The van der Waals surface area contributed by atoms with Gasteiger partial charge in [0.05, 0.1) is 5.56 Å². The minimum atomic E-state index is -4.49. The molecule has 0 fully saturated rings. The summed E-state index contributed by atoms with van der Waals surface area (Å²) >= 11 is 0. The molecule has 0 unspecified atom stereocenters. The smallest absolute Gasteiger partial charge is 0.410 e. The van der Waals surface area contributed by atoms with Crippen LogP contribution in [0.1, 0.15) is 23.2 Å². The number of aryl methyl sites for hydroxylation is 1. The minimum Gasteiger partial charge on any atom is -0.410 e. The van der Waals surface area contributed by atoms with Crippen molar-refractivity contribution in [3.63, 3.8) is 0 Å². The first-order valence-electron chi connectivity index (χ1n) is 8.66. The van der Waals surface area contributed by atoms with Gasteiger partial charge < -0.3 is 15.0 Å². The molecule has 5 nitrogen and oxygen atoms in total. The second kappa shape index (κ2) is 7.85. The molecule has 1 aliphatic heterocycles. The normalized spacial score (nSPS) is 13.5. The molecule has 0 aliphatic carbocycles. The quantitative estimate of drug-likeness (QED) is 0.868. The molecule has 0 atom stereocenters. The third kappa shape index (κ3) is 4.90. The van der Waals surface area contributed by atoms with E-state index < -0.39 is 17.8 Å². The van der Waals surface area contributed by atoms with Crippen molar-refractivity contribution in [3.05, 3.63) is 53.2 Å². The van der Waals surface area contributed by atoms with Crippen molar-refractivity contribution >= 4 is 11.9 Å². The van der Waals surface area contributed by atoms with E-state index in [4.69, 9.17) is 4.74 Å². The number of nitrogens with zero attached hydrogens (tertiary/aromatic N) is 2. The van der Waals surface area contributed by atoms with Crippen LogP contribution in [-0.4, -0.2) is 36.1 Å². The van der Waals surface area contributed by atoms with Crippen molar-refractivity contribution in [2.45, 2.75) is 25.4 Å². The zero-order chi connectivity index (χ0) is 19.4. The van der Waals surface area contributed by atoms with Gasteiger partial charge in [0.1, 0.15) is 11.6 Å². The molecule has 27 heavy (non-hydrogen) atoms. The first-order chi connectivity index (χ1) is 12.8. The predicted octanol–water partition coefficient (Wildman–Crippen LogP) is 4.13. The second-order valence-corrected chi connectivity index (χ2v) is 6.41. The molecular weight excluding hydrogens is 359 g/mol. The highest BCUT2D eigenvalue weighted by Gasteiger charge is 2.30. The van der Waals surface area contributed by atoms with Crippen LogP contribution in [0.15, 0.2) is 36.4 Å². The van der Waals surface area contributed by atoms with Crippen molar-refractivity contribution in [1.82, 2.24) is 9.88 Å². The van der Waals surface area contributed by atoms with E-state index >= 15 is 0 Å². The van der Waals surface area contributed by atoms with Gasteiger partial charge in [-0.25, -0.2) is 9.78 Å². The molecule has 144 valence electrons. The van der Waals surface area contributed by atoms with Gasteiger partial charge in [-0.1, -0.05) is 12.1 Å². The monoisotopic (exact) mass is 379 g/mol. The Morgan fingerprint density at radius 3 is 2.89 bits per heavy atom. The van der Waals surface area contributed by atoms with Crippen LogP contribution in [0.25, 0.3) is 0 Å². The van der Waals surface area contributed by atoms with Gasteiger partial charge in [0.25, 0.3) is 0 Å². The molecule has 8 heteroatoms. The average Bonchev–Trinajstić information content (AvgIpc) is 2.65. The van der Waals surface area contributed by atoms with Crippen LogP contribution in [0.2, 0.25) is 0 Å². The highest BCUT2D eigenvalue weighted by Crippen LogP contribution is 2.31. The van der Waals surface area contributed by atoms with E-state index in [-0.39, 0.29) is 5.75 Å². The van der Waals surface area contributed by atoms with Crippen LogP contribution in [0, 0.1) is 0 Å². The van der Waals surface area contributed by atoms with E-state index in [0.29, 0.717) is 13.0 Å². The number of nitrogens with one attached hydrogen (secondary N) is 1. The van der Waals surface area contributed by atoms with E-state index in [1.807, 2.05) is 12.1 Å². The van der Waals surface area contributed by atoms with Crippen LogP contribution in [0.5, 0.6) is 5.75 Å². The number of aromatic nitrogens is 1. The lowest BCUT2D eigenvalue weighted by atomic mass is 10.1. The summed E-state index contributed by atoms with van der Waals surface area (Å²) in [5, 5.41) is 3.26. The third-order valence-corrected chi connectivity index (χ3v) is 4.33. The Hall–Kier alpha value is -2.77. The summed E-state index contributed by atoms with van der Waals surface area (Å²) in [5.74, 6) is 0.741. The fourth-order valence-electron chi connectivity index (χ4n) is 2.80. The first kappa shape index (κ1) is 19.0. The SMILES string of the molecule is CN(CCc1ccc2c(n1)NCCC2)C(=O)Oc1cccc(C(F)(F)F)c1. The molecule has 0 spiro atoms. The van der Waals surface area contributed by atoms with E-state index in [0.717, 1.165) is 43.0 Å². The number of ether oxygens (including phenoxy) is 1. The molecule has 2 aromatic rings. The van der Waals surface area contributed by atoms with Crippen LogP contribution in [0.3, 0.4) is 0 Å². The largest absolute Gasteiger partial charge is 0.416 e. The van der Waals surface area contributed by atoms with Crippen LogP contribution in [-0.2, 0) is 19.0 Å². The Morgan fingerprint density at radius 2 is 2.11 bits per heavy atom. The summed E-state index contributed by atoms with van der Waals surface area (Å²) < 4.78 is 43.2. The highest BCUT2D eigenvalue weighted by atomic mass is 19.4. The number of halogens is 3. The molecule has 1 aromatic carbocycles. The van der Waals surface area contributed by atoms with E-state index in [2.05, 4.69) is 10.3 Å². The number of carbonyl (C=O) groups excluding carboxylic acids is 1. The maximum atomic E-state index is 12.7. The Bertz CT molecular complexity index is 824. The lowest BCUT2D eigenvalue weighted by Gasteiger charge is -2.19. The molecule has 0 saturated carbocycles. The molecule has 2 heterocycles. The molecule has 1 aliphatic rings. The summed E-state index contributed by atoms with van der Waals surface area (Å²) in [6.07, 6.45) is -2.61. The number of hydrogen-bond donors (Lipinski definition) is 1. The van der Waals surface area contributed by atoms with Crippen molar-refractivity contribution in [2.24, 2.45) is 0 Å². The maximum Gasteiger partial charge on any atom is 0.416 e. The van der Waals surface area contributed by atoms with Gasteiger partial charge in [0.2, 0.25) is 0 Å². The molecule has 3 rings (SSSR count). The van der Waals surface area contributed by atoms with Gasteiger partial charge in [-0.05, 0) is 42.7 Å². The summed E-state index contributed by atoms with van der Waals surface area (Å²) in [5.41, 5.74) is 1.16. The fraction of sp³-hybridized carbons (Fsp3) is 0.368. The van der Waals surface area contributed by atoms with Gasteiger partial charge in [-0.15, -0.1) is 0 Å². The van der Waals surface area contributed by atoms with E-state index in [1.54, 1.807) is 0 Å². The van der Waals surface area contributed by atoms with Crippen LogP contribution >= 0.6 is 0 Å². The number of likely N-dealkylation sites (N-methyl/N-ethyl adjacent to an activating group) is 1. The number of rotatable bonds is 4. The fourth-order valence-corrected chi connectivity index (χ4v) is 2.80. The van der Waals surface area contributed by atoms with Gasteiger partial charge in [-0.3, -0.25) is 0 Å². The number of alkyl halides is 3. The molecule has 0 radical (unpaired) electrons. The Morgan fingerprint density at radius 1 is 1.30 bits per heavy atom. The third-order valence-electron chi connectivity index (χ3n) is 4.33. The number of amides is 1. The topological polar surface area (TPSA) is 54.5 Å². The minimum absolute atomic E-state index is 0.141. The standard InChI is InChI=1S/C19H20F3N3O2/c1-25(11-9-15-8-7-13-4-3-10-23-17(13)24-15)18(26)27-16-6-2-5-14(12-16)19(20,21)22/h2,5-8,12H,3-4,9-11H2,1H3,(H,23,24). The van der Waals surface area contributed by atoms with Crippen molar-refractivity contribution in [2.75, 3.05) is 25.5 Å². The first-order valence-corrected chi connectivity index (χ1v) is 8.66. The number of fused-ring (bicyclic) bond motifs is 1. The zero-order valence-electron chi connectivity index (χ0n) is 14.8.